The maximum Gasteiger partial charge on any atom is 0.307 e. The molecule has 0 spiro atoms. The van der Waals surface area contributed by atoms with Gasteiger partial charge in [0, 0.05) is 23.7 Å². The van der Waals surface area contributed by atoms with E-state index in [9.17, 15) is 9.59 Å². The molecule has 94 valence electrons. The molecule has 4 nitrogen and oxygen atoms in total. The molecule has 1 aliphatic heterocycles. The summed E-state index contributed by atoms with van der Waals surface area (Å²) >= 11 is 1.16. The third kappa shape index (κ3) is 2.60. The lowest BCUT2D eigenvalue weighted by Gasteiger charge is -2.33. The second-order valence-corrected chi connectivity index (χ2v) is 5.48. The minimum Gasteiger partial charge on any atom is -0.338 e. The third-order valence-electron chi connectivity index (χ3n) is 3.39. The summed E-state index contributed by atoms with van der Waals surface area (Å²) in [6.07, 6.45) is 3.35. The number of carbonyl (C=O) groups is 1. The van der Waals surface area contributed by atoms with Gasteiger partial charge in [0.15, 0.2) is 0 Å². The second-order valence-electron chi connectivity index (χ2n) is 4.66. The summed E-state index contributed by atoms with van der Waals surface area (Å²) in [6.45, 7) is 4.97. The Hall–Kier alpha value is -1.10. The standard InChI is InChI=1S/C12H18N2O2S/c1-9-5-3-4-6-13(9)11(15)7-14-10(2)8-17-12(14)16/h8-9H,3-7H2,1-2H3. The number of rotatable bonds is 2. The van der Waals surface area contributed by atoms with E-state index in [1.165, 1.54) is 6.42 Å². The zero-order valence-electron chi connectivity index (χ0n) is 10.3. The van der Waals surface area contributed by atoms with E-state index in [-0.39, 0.29) is 17.3 Å². The molecule has 0 aliphatic carbocycles. The van der Waals surface area contributed by atoms with E-state index in [4.69, 9.17) is 0 Å². The number of likely N-dealkylation sites (tertiary alicyclic amines) is 1. The van der Waals surface area contributed by atoms with Crippen molar-refractivity contribution < 1.29 is 4.79 Å². The first-order chi connectivity index (χ1) is 8.09. The second kappa shape index (κ2) is 5.04. The molecule has 1 fully saturated rings. The van der Waals surface area contributed by atoms with Gasteiger partial charge in [-0.05, 0) is 33.1 Å². The number of amides is 1. The molecule has 5 heteroatoms. The molecule has 0 saturated carbocycles. The fourth-order valence-corrected chi connectivity index (χ4v) is 3.03. The maximum atomic E-state index is 12.2. The van der Waals surface area contributed by atoms with Gasteiger partial charge < -0.3 is 4.90 Å². The Bertz CT molecular complexity index is 463. The average molecular weight is 254 g/mol. The number of nitrogens with zero attached hydrogens (tertiary/aromatic N) is 2. The van der Waals surface area contributed by atoms with Crippen molar-refractivity contribution >= 4 is 17.2 Å². The summed E-state index contributed by atoms with van der Waals surface area (Å²) in [5, 5.41) is 1.80. The van der Waals surface area contributed by atoms with Crippen molar-refractivity contribution in [2.45, 2.75) is 45.7 Å². The van der Waals surface area contributed by atoms with Gasteiger partial charge in [0.2, 0.25) is 5.91 Å². The summed E-state index contributed by atoms with van der Waals surface area (Å²) in [5.74, 6) is 0.0702. The van der Waals surface area contributed by atoms with Crippen LogP contribution in [0.1, 0.15) is 31.9 Å². The van der Waals surface area contributed by atoms with Crippen molar-refractivity contribution in [1.82, 2.24) is 9.47 Å². The average Bonchev–Trinajstić information content (AvgIpc) is 2.61. The Morgan fingerprint density at radius 2 is 2.29 bits per heavy atom. The van der Waals surface area contributed by atoms with Crippen LogP contribution in [0.5, 0.6) is 0 Å². The van der Waals surface area contributed by atoms with E-state index in [1.807, 2.05) is 11.8 Å². The molecule has 0 aromatic carbocycles. The molecule has 1 aliphatic rings. The van der Waals surface area contributed by atoms with Gasteiger partial charge in [0.25, 0.3) is 0 Å². The molecule has 1 unspecified atom stereocenters. The van der Waals surface area contributed by atoms with Crippen LogP contribution in [-0.4, -0.2) is 28.0 Å². The topological polar surface area (TPSA) is 42.3 Å². The van der Waals surface area contributed by atoms with E-state index < -0.39 is 0 Å². The van der Waals surface area contributed by atoms with E-state index >= 15 is 0 Å². The first-order valence-corrected chi connectivity index (χ1v) is 6.92. The minimum atomic E-state index is -0.0412. The van der Waals surface area contributed by atoms with Crippen molar-refractivity contribution in [2.75, 3.05) is 6.54 Å². The van der Waals surface area contributed by atoms with Gasteiger partial charge in [-0.25, -0.2) is 0 Å². The van der Waals surface area contributed by atoms with Gasteiger partial charge in [0.05, 0.1) is 0 Å². The van der Waals surface area contributed by atoms with Crippen molar-refractivity contribution in [1.29, 1.82) is 0 Å². The minimum absolute atomic E-state index is 0.0412. The first kappa shape index (κ1) is 12.4. The maximum absolute atomic E-state index is 12.2. The van der Waals surface area contributed by atoms with Gasteiger partial charge in [-0.1, -0.05) is 11.3 Å². The fourth-order valence-electron chi connectivity index (χ4n) is 2.29. The molecule has 1 saturated heterocycles. The summed E-state index contributed by atoms with van der Waals surface area (Å²) < 4.78 is 1.56. The number of hydrogen-bond donors (Lipinski definition) is 0. The number of thiazole rings is 1. The summed E-state index contributed by atoms with van der Waals surface area (Å²) in [7, 11) is 0. The Kier molecular flexibility index (Phi) is 3.66. The van der Waals surface area contributed by atoms with Crippen LogP contribution >= 0.6 is 11.3 Å². The molecule has 1 aromatic rings. The van der Waals surface area contributed by atoms with Crippen LogP contribution in [0.25, 0.3) is 0 Å². The van der Waals surface area contributed by atoms with Crippen molar-refractivity contribution in [3.63, 3.8) is 0 Å². The predicted octanol–water partition coefficient (Wildman–Crippen LogP) is 1.62. The molecule has 1 amide bonds. The monoisotopic (exact) mass is 254 g/mol. The zero-order chi connectivity index (χ0) is 12.4. The summed E-state index contributed by atoms with van der Waals surface area (Å²) in [6, 6.07) is 0.311. The highest BCUT2D eigenvalue weighted by molar-refractivity contribution is 7.07. The zero-order valence-corrected chi connectivity index (χ0v) is 11.1. The predicted molar refractivity (Wildman–Crippen MR) is 68.3 cm³/mol. The molecule has 2 rings (SSSR count). The molecule has 0 radical (unpaired) electrons. The number of aromatic nitrogens is 1. The van der Waals surface area contributed by atoms with Gasteiger partial charge in [0.1, 0.15) is 6.54 Å². The van der Waals surface area contributed by atoms with Crippen molar-refractivity contribution in [3.05, 3.63) is 20.7 Å². The SMILES string of the molecule is Cc1csc(=O)n1CC(=O)N1CCCCC1C. The van der Waals surface area contributed by atoms with Gasteiger partial charge in [-0.2, -0.15) is 0 Å². The summed E-state index contributed by atoms with van der Waals surface area (Å²) in [5.41, 5.74) is 0.873. The molecular weight excluding hydrogens is 236 g/mol. The van der Waals surface area contributed by atoms with E-state index in [2.05, 4.69) is 6.92 Å². The molecule has 2 heterocycles. The Balaban J connectivity index is 2.08. The number of piperidine rings is 1. The normalized spacial score (nSPS) is 20.6. The van der Waals surface area contributed by atoms with Crippen molar-refractivity contribution in [3.8, 4) is 0 Å². The highest BCUT2D eigenvalue weighted by atomic mass is 32.1. The number of aryl methyl sites for hydroxylation is 1. The van der Waals surface area contributed by atoms with Crippen LogP contribution in [0, 0.1) is 6.92 Å². The van der Waals surface area contributed by atoms with E-state index in [1.54, 1.807) is 9.95 Å². The largest absolute Gasteiger partial charge is 0.338 e. The molecular formula is C12H18N2O2S. The highest BCUT2D eigenvalue weighted by Gasteiger charge is 2.23. The van der Waals surface area contributed by atoms with Gasteiger partial charge in [-0.3, -0.25) is 14.2 Å². The van der Waals surface area contributed by atoms with E-state index in [0.717, 1.165) is 36.4 Å². The smallest absolute Gasteiger partial charge is 0.307 e. The first-order valence-electron chi connectivity index (χ1n) is 6.04. The third-order valence-corrected chi connectivity index (χ3v) is 4.27. The molecule has 0 N–H and O–H groups in total. The Morgan fingerprint density at radius 1 is 1.53 bits per heavy atom. The van der Waals surface area contributed by atoms with E-state index in [0.29, 0.717) is 6.04 Å². The highest BCUT2D eigenvalue weighted by Crippen LogP contribution is 2.16. The lowest BCUT2D eigenvalue weighted by Crippen LogP contribution is -2.44. The lowest BCUT2D eigenvalue weighted by atomic mass is 10.0. The number of carbonyl (C=O) groups excluding carboxylic acids is 1. The molecule has 17 heavy (non-hydrogen) atoms. The van der Waals surface area contributed by atoms with Crippen LogP contribution in [0.2, 0.25) is 0 Å². The molecule has 0 bridgehead atoms. The molecule has 1 aromatic heterocycles. The Morgan fingerprint density at radius 3 is 2.88 bits per heavy atom. The number of hydrogen-bond acceptors (Lipinski definition) is 3. The molecule has 1 atom stereocenters. The van der Waals surface area contributed by atoms with Crippen LogP contribution in [0.15, 0.2) is 10.2 Å². The summed E-state index contributed by atoms with van der Waals surface area (Å²) in [4.78, 5) is 25.6. The fraction of sp³-hybridized carbons (Fsp3) is 0.667. The van der Waals surface area contributed by atoms with Crippen LogP contribution < -0.4 is 4.87 Å². The quantitative estimate of drug-likeness (QED) is 0.805. The Labute approximate surface area is 105 Å². The van der Waals surface area contributed by atoms with Crippen LogP contribution in [-0.2, 0) is 11.3 Å². The van der Waals surface area contributed by atoms with Crippen molar-refractivity contribution in [2.24, 2.45) is 0 Å². The van der Waals surface area contributed by atoms with Gasteiger partial charge in [-0.15, -0.1) is 0 Å². The van der Waals surface area contributed by atoms with Crippen LogP contribution in [0.4, 0.5) is 0 Å². The lowest BCUT2D eigenvalue weighted by molar-refractivity contribution is -0.135. The van der Waals surface area contributed by atoms with Crippen LogP contribution in [0.3, 0.4) is 0 Å². The van der Waals surface area contributed by atoms with Gasteiger partial charge >= 0.3 is 4.87 Å².